The van der Waals surface area contributed by atoms with Crippen LogP contribution >= 0.6 is 0 Å². The van der Waals surface area contributed by atoms with Crippen LogP contribution in [0.5, 0.6) is 0 Å². The molecule has 1 aromatic carbocycles. The van der Waals surface area contributed by atoms with E-state index in [2.05, 4.69) is 10.2 Å². The minimum atomic E-state index is -0.844. The molecule has 2 aromatic rings. The number of carbonyl (C=O) groups excluding carboxylic acids is 1. The van der Waals surface area contributed by atoms with Crippen molar-refractivity contribution in [3.63, 3.8) is 0 Å². The van der Waals surface area contributed by atoms with Gasteiger partial charge in [0.15, 0.2) is 5.60 Å². The highest BCUT2D eigenvalue weighted by atomic mass is 19.1. The number of fused-ring (bicyclic) bond motifs is 1. The van der Waals surface area contributed by atoms with Gasteiger partial charge in [-0.1, -0.05) is 0 Å². The molecule has 6 heteroatoms. The maximum atomic E-state index is 13.6. The van der Waals surface area contributed by atoms with Gasteiger partial charge in [0.1, 0.15) is 5.82 Å². The van der Waals surface area contributed by atoms with E-state index in [-0.39, 0.29) is 11.7 Å². The summed E-state index contributed by atoms with van der Waals surface area (Å²) in [6.07, 6.45) is 2.02. The Labute approximate surface area is 135 Å². The minimum Gasteiger partial charge on any atom is -0.363 e. The third-order valence-corrected chi connectivity index (χ3v) is 4.49. The highest BCUT2D eigenvalue weighted by Gasteiger charge is 2.38. The maximum Gasteiger partial charge on any atom is 0.253 e. The van der Waals surface area contributed by atoms with Gasteiger partial charge in [-0.3, -0.25) is 9.69 Å². The fourth-order valence-corrected chi connectivity index (χ4v) is 3.30. The van der Waals surface area contributed by atoms with Gasteiger partial charge in [-0.2, -0.15) is 0 Å². The smallest absolute Gasteiger partial charge is 0.253 e. The van der Waals surface area contributed by atoms with Crippen LogP contribution in [0.15, 0.2) is 24.4 Å². The Morgan fingerprint density at radius 1 is 1.48 bits per heavy atom. The van der Waals surface area contributed by atoms with Crippen LogP contribution in [0, 0.1) is 5.82 Å². The van der Waals surface area contributed by atoms with Crippen LogP contribution in [0.2, 0.25) is 0 Å². The molecule has 0 bridgehead atoms. The summed E-state index contributed by atoms with van der Waals surface area (Å²) in [6, 6.07) is 4.84. The van der Waals surface area contributed by atoms with Gasteiger partial charge in [0, 0.05) is 50.8 Å². The number of carbonyl (C=O) groups is 1. The standard InChI is InChI=1S/C17H22FN3O2/c1-17(16(22)19-2)11-21(6-7-23-17)10-12-9-20(3)15-5-4-13(18)8-14(12)15/h4-5,8-9H,6-7,10-11H2,1-3H3,(H,19,22)/t17-/m0/s1. The SMILES string of the molecule is CNC(=O)[C@]1(C)CN(Cc2cn(C)c3ccc(F)cc23)CCO1. The number of aryl methyl sites for hydroxylation is 1. The molecular weight excluding hydrogens is 297 g/mol. The molecule has 23 heavy (non-hydrogen) atoms. The number of amides is 1. The number of rotatable bonds is 3. The first kappa shape index (κ1) is 16.0. The molecule has 1 saturated heterocycles. The second-order valence-corrected chi connectivity index (χ2v) is 6.30. The van der Waals surface area contributed by atoms with E-state index >= 15 is 0 Å². The van der Waals surface area contributed by atoms with E-state index in [1.807, 2.05) is 17.8 Å². The zero-order chi connectivity index (χ0) is 16.6. The molecule has 124 valence electrons. The number of ether oxygens (including phenoxy) is 1. The Kier molecular flexibility index (Phi) is 4.12. The van der Waals surface area contributed by atoms with Crippen LogP contribution in [0.4, 0.5) is 4.39 Å². The number of morpholine rings is 1. The monoisotopic (exact) mass is 319 g/mol. The molecule has 2 heterocycles. The van der Waals surface area contributed by atoms with Gasteiger partial charge in [-0.05, 0) is 30.7 Å². The van der Waals surface area contributed by atoms with E-state index in [0.717, 1.165) is 23.0 Å². The number of nitrogens with one attached hydrogen (secondary N) is 1. The lowest BCUT2D eigenvalue weighted by atomic mass is 10.0. The summed E-state index contributed by atoms with van der Waals surface area (Å²) in [6.45, 7) is 4.23. The van der Waals surface area contributed by atoms with E-state index in [0.29, 0.717) is 19.7 Å². The molecule has 0 saturated carbocycles. The Bertz CT molecular complexity index is 743. The number of aromatic nitrogens is 1. The fraction of sp³-hybridized carbons (Fsp3) is 0.471. The summed E-state index contributed by atoms with van der Waals surface area (Å²) in [5, 5.41) is 3.57. The summed E-state index contributed by atoms with van der Waals surface area (Å²) < 4.78 is 21.3. The third-order valence-electron chi connectivity index (χ3n) is 4.49. The van der Waals surface area contributed by atoms with Crippen molar-refractivity contribution in [1.29, 1.82) is 0 Å². The molecule has 1 N–H and O–H groups in total. The number of benzene rings is 1. The summed E-state index contributed by atoms with van der Waals surface area (Å²) in [5.74, 6) is -0.353. The second kappa shape index (κ2) is 5.94. The first-order valence-electron chi connectivity index (χ1n) is 7.75. The van der Waals surface area contributed by atoms with Crippen molar-refractivity contribution in [2.24, 2.45) is 7.05 Å². The molecule has 0 radical (unpaired) electrons. The van der Waals surface area contributed by atoms with E-state index in [4.69, 9.17) is 4.74 Å². The van der Waals surface area contributed by atoms with E-state index in [9.17, 15) is 9.18 Å². The number of nitrogens with zero attached hydrogens (tertiary/aromatic N) is 2. The molecular formula is C17H22FN3O2. The quantitative estimate of drug-likeness (QED) is 0.936. The first-order chi connectivity index (χ1) is 10.9. The van der Waals surface area contributed by atoms with Gasteiger partial charge >= 0.3 is 0 Å². The Morgan fingerprint density at radius 3 is 3.00 bits per heavy atom. The van der Waals surface area contributed by atoms with Crippen molar-refractivity contribution in [2.75, 3.05) is 26.7 Å². The highest BCUT2D eigenvalue weighted by Crippen LogP contribution is 2.25. The van der Waals surface area contributed by atoms with Crippen LogP contribution in [0.25, 0.3) is 10.9 Å². The number of hydrogen-bond acceptors (Lipinski definition) is 3. The molecule has 5 nitrogen and oxygen atoms in total. The lowest BCUT2D eigenvalue weighted by Gasteiger charge is -2.39. The van der Waals surface area contributed by atoms with Gasteiger partial charge in [0.25, 0.3) is 5.91 Å². The van der Waals surface area contributed by atoms with Crippen molar-refractivity contribution < 1.29 is 13.9 Å². The molecule has 1 fully saturated rings. The largest absolute Gasteiger partial charge is 0.363 e. The Morgan fingerprint density at radius 2 is 2.26 bits per heavy atom. The normalized spacial score (nSPS) is 22.4. The molecule has 3 rings (SSSR count). The number of halogens is 1. The van der Waals surface area contributed by atoms with Crippen LogP contribution in [0.3, 0.4) is 0 Å². The molecule has 1 atom stereocenters. The zero-order valence-electron chi connectivity index (χ0n) is 13.7. The van der Waals surface area contributed by atoms with Crippen LogP contribution in [-0.4, -0.2) is 47.7 Å². The molecule has 1 aliphatic rings. The van der Waals surface area contributed by atoms with Gasteiger partial charge in [-0.15, -0.1) is 0 Å². The van der Waals surface area contributed by atoms with E-state index in [1.165, 1.54) is 6.07 Å². The Balaban J connectivity index is 1.85. The Hall–Kier alpha value is -1.92. The van der Waals surface area contributed by atoms with Crippen molar-refractivity contribution in [2.45, 2.75) is 19.1 Å². The molecule has 0 unspecified atom stereocenters. The van der Waals surface area contributed by atoms with Gasteiger partial charge in [0.05, 0.1) is 6.61 Å². The van der Waals surface area contributed by atoms with Crippen molar-refractivity contribution in [3.8, 4) is 0 Å². The summed E-state index contributed by atoms with van der Waals surface area (Å²) in [7, 11) is 3.57. The predicted octanol–water partition coefficient (Wildman–Crippen LogP) is 1.65. The molecule has 1 amide bonds. The first-order valence-corrected chi connectivity index (χ1v) is 7.75. The predicted molar refractivity (Wildman–Crippen MR) is 86.6 cm³/mol. The maximum absolute atomic E-state index is 13.6. The molecule has 0 aliphatic carbocycles. The fourth-order valence-electron chi connectivity index (χ4n) is 3.30. The molecule has 0 spiro atoms. The van der Waals surface area contributed by atoms with Crippen molar-refractivity contribution >= 4 is 16.8 Å². The van der Waals surface area contributed by atoms with Gasteiger partial charge < -0.3 is 14.6 Å². The summed E-state index contributed by atoms with van der Waals surface area (Å²) in [4.78, 5) is 14.2. The van der Waals surface area contributed by atoms with Crippen molar-refractivity contribution in [3.05, 3.63) is 35.8 Å². The second-order valence-electron chi connectivity index (χ2n) is 6.30. The minimum absolute atomic E-state index is 0.119. The van der Waals surface area contributed by atoms with Gasteiger partial charge in [0.2, 0.25) is 0 Å². The topological polar surface area (TPSA) is 46.5 Å². The molecule has 1 aromatic heterocycles. The highest BCUT2D eigenvalue weighted by molar-refractivity contribution is 5.85. The zero-order valence-corrected chi connectivity index (χ0v) is 13.7. The van der Waals surface area contributed by atoms with Crippen LogP contribution in [0.1, 0.15) is 12.5 Å². The van der Waals surface area contributed by atoms with Crippen molar-refractivity contribution in [1.82, 2.24) is 14.8 Å². The average molecular weight is 319 g/mol. The van der Waals surface area contributed by atoms with Crippen LogP contribution in [-0.2, 0) is 23.1 Å². The molecule has 1 aliphatic heterocycles. The summed E-state index contributed by atoms with van der Waals surface area (Å²) in [5.41, 5.74) is 1.22. The lowest BCUT2D eigenvalue weighted by molar-refractivity contribution is -0.156. The number of likely N-dealkylation sites (N-methyl/N-ethyl adjacent to an activating group) is 1. The van der Waals surface area contributed by atoms with Crippen LogP contribution < -0.4 is 5.32 Å². The van der Waals surface area contributed by atoms with Gasteiger partial charge in [-0.25, -0.2) is 4.39 Å². The number of hydrogen-bond donors (Lipinski definition) is 1. The summed E-state index contributed by atoms with van der Waals surface area (Å²) >= 11 is 0. The van der Waals surface area contributed by atoms with E-state index in [1.54, 1.807) is 26.1 Å². The van der Waals surface area contributed by atoms with E-state index < -0.39 is 5.60 Å². The lowest BCUT2D eigenvalue weighted by Crippen LogP contribution is -2.57. The average Bonchev–Trinajstić information content (AvgIpc) is 2.82. The third kappa shape index (κ3) is 2.96.